The fraction of sp³-hybridized carbons (Fsp3) is 0.182. The summed E-state index contributed by atoms with van der Waals surface area (Å²) in [5, 5.41) is 0. The van der Waals surface area contributed by atoms with Crippen molar-refractivity contribution in [1.29, 1.82) is 0 Å². The maximum Gasteiger partial charge on any atom is 0.169 e. The molecule has 0 spiro atoms. The molecule has 0 bridgehead atoms. The molecule has 0 N–H and O–H groups in total. The van der Waals surface area contributed by atoms with Crippen molar-refractivity contribution in [1.82, 2.24) is 0 Å². The highest BCUT2D eigenvalue weighted by molar-refractivity contribution is 5.97. The number of benzene rings is 1. The summed E-state index contributed by atoms with van der Waals surface area (Å²) >= 11 is 0. The molecule has 0 aliphatic heterocycles. The second-order valence-corrected chi connectivity index (χ2v) is 3.16. The van der Waals surface area contributed by atoms with Crippen molar-refractivity contribution >= 4 is 5.78 Å². The summed E-state index contributed by atoms with van der Waals surface area (Å²) in [5.41, 5.74) is 0.409. The Bertz CT molecular complexity index is 383. The number of ketones is 1. The highest BCUT2D eigenvalue weighted by Crippen LogP contribution is 2.14. The number of halogens is 2. The predicted octanol–water partition coefficient (Wildman–Crippen LogP) is 3.11. The Labute approximate surface area is 81.1 Å². The number of hydrogen-bond donors (Lipinski definition) is 0. The van der Waals surface area contributed by atoms with Gasteiger partial charge < -0.3 is 0 Å². The van der Waals surface area contributed by atoms with Gasteiger partial charge in [0.1, 0.15) is 0 Å². The lowest BCUT2D eigenvalue weighted by atomic mass is 10.0. The Balaban J connectivity index is 3.01. The summed E-state index contributed by atoms with van der Waals surface area (Å²) in [6.07, 6.45) is 0.0420. The molecule has 3 heteroatoms. The lowest BCUT2D eigenvalue weighted by molar-refractivity contribution is 0.0988. The van der Waals surface area contributed by atoms with E-state index in [2.05, 4.69) is 6.58 Å². The molecule has 0 saturated carbocycles. The van der Waals surface area contributed by atoms with Crippen LogP contribution in [0, 0.1) is 11.6 Å². The van der Waals surface area contributed by atoms with E-state index in [1.54, 1.807) is 6.92 Å². The Hall–Kier alpha value is -1.51. The SMILES string of the molecule is C=C(C)CC(=O)c1cccc(F)c1F. The van der Waals surface area contributed by atoms with Gasteiger partial charge in [-0.1, -0.05) is 18.2 Å². The van der Waals surface area contributed by atoms with Crippen LogP contribution in [0.3, 0.4) is 0 Å². The summed E-state index contributed by atoms with van der Waals surface area (Å²) in [4.78, 5) is 11.4. The first-order chi connectivity index (χ1) is 6.52. The Morgan fingerprint density at radius 3 is 2.64 bits per heavy atom. The number of carbonyl (C=O) groups is 1. The predicted molar refractivity (Wildman–Crippen MR) is 50.1 cm³/mol. The van der Waals surface area contributed by atoms with Crippen molar-refractivity contribution in [2.24, 2.45) is 0 Å². The Kier molecular flexibility index (Phi) is 3.12. The highest BCUT2D eigenvalue weighted by Gasteiger charge is 2.14. The van der Waals surface area contributed by atoms with E-state index in [1.807, 2.05) is 0 Å². The van der Waals surface area contributed by atoms with E-state index in [1.165, 1.54) is 12.1 Å². The zero-order valence-electron chi connectivity index (χ0n) is 7.81. The first-order valence-electron chi connectivity index (χ1n) is 4.14. The molecular formula is C11H10F2O. The standard InChI is InChI=1S/C11H10F2O/c1-7(2)6-10(14)8-4-3-5-9(12)11(8)13/h3-5H,1,6H2,2H3. The topological polar surface area (TPSA) is 17.1 Å². The van der Waals surface area contributed by atoms with Crippen molar-refractivity contribution < 1.29 is 13.6 Å². The molecular weight excluding hydrogens is 186 g/mol. The molecule has 1 nitrogen and oxygen atoms in total. The van der Waals surface area contributed by atoms with Crippen LogP contribution in [0.2, 0.25) is 0 Å². The third kappa shape index (κ3) is 2.25. The van der Waals surface area contributed by atoms with Crippen LogP contribution in [0.1, 0.15) is 23.7 Å². The fourth-order valence-electron chi connectivity index (χ4n) is 1.09. The van der Waals surface area contributed by atoms with Gasteiger partial charge in [0.15, 0.2) is 17.4 Å². The smallest absolute Gasteiger partial charge is 0.169 e. The third-order valence-electron chi connectivity index (χ3n) is 1.71. The van der Waals surface area contributed by atoms with Crippen LogP contribution < -0.4 is 0 Å². The van der Waals surface area contributed by atoms with Crippen molar-refractivity contribution in [2.45, 2.75) is 13.3 Å². The van der Waals surface area contributed by atoms with Crippen LogP contribution in [0.5, 0.6) is 0 Å². The van der Waals surface area contributed by atoms with Crippen LogP contribution in [0.4, 0.5) is 8.78 Å². The minimum absolute atomic E-state index is 0.0420. The minimum atomic E-state index is -1.08. The molecule has 0 heterocycles. The minimum Gasteiger partial charge on any atom is -0.294 e. The number of rotatable bonds is 3. The van der Waals surface area contributed by atoms with Gasteiger partial charge in [0.25, 0.3) is 0 Å². The van der Waals surface area contributed by atoms with Gasteiger partial charge in [0.2, 0.25) is 0 Å². The molecule has 0 aliphatic carbocycles. The fourth-order valence-corrected chi connectivity index (χ4v) is 1.09. The monoisotopic (exact) mass is 196 g/mol. The molecule has 0 atom stereocenters. The molecule has 0 radical (unpaired) electrons. The Morgan fingerprint density at radius 1 is 1.43 bits per heavy atom. The van der Waals surface area contributed by atoms with E-state index >= 15 is 0 Å². The number of carbonyl (C=O) groups excluding carboxylic acids is 1. The third-order valence-corrected chi connectivity index (χ3v) is 1.71. The van der Waals surface area contributed by atoms with Crippen LogP contribution in [0.25, 0.3) is 0 Å². The van der Waals surface area contributed by atoms with Crippen LogP contribution in [-0.2, 0) is 0 Å². The van der Waals surface area contributed by atoms with Gasteiger partial charge in [-0.05, 0) is 19.1 Å². The van der Waals surface area contributed by atoms with E-state index in [0.717, 1.165) is 6.07 Å². The van der Waals surface area contributed by atoms with E-state index in [4.69, 9.17) is 0 Å². The normalized spacial score (nSPS) is 9.93. The molecule has 0 amide bonds. The quantitative estimate of drug-likeness (QED) is 0.536. The van der Waals surface area contributed by atoms with Crippen molar-refractivity contribution in [3.05, 3.63) is 47.5 Å². The number of hydrogen-bond acceptors (Lipinski definition) is 1. The zero-order chi connectivity index (χ0) is 10.7. The lowest BCUT2D eigenvalue weighted by Crippen LogP contribution is -2.04. The van der Waals surface area contributed by atoms with E-state index in [0.29, 0.717) is 5.57 Å². The van der Waals surface area contributed by atoms with Crippen LogP contribution in [0.15, 0.2) is 30.4 Å². The van der Waals surface area contributed by atoms with Crippen molar-refractivity contribution in [3.63, 3.8) is 0 Å². The summed E-state index contributed by atoms with van der Waals surface area (Å²) < 4.78 is 25.8. The molecule has 0 fully saturated rings. The average molecular weight is 196 g/mol. The van der Waals surface area contributed by atoms with Gasteiger partial charge >= 0.3 is 0 Å². The van der Waals surface area contributed by atoms with Gasteiger partial charge in [0.05, 0.1) is 5.56 Å². The molecule has 1 aromatic carbocycles. The van der Waals surface area contributed by atoms with Gasteiger partial charge in [-0.15, -0.1) is 0 Å². The summed E-state index contributed by atoms with van der Waals surface area (Å²) in [5.74, 6) is -2.54. The maximum absolute atomic E-state index is 13.1. The molecule has 74 valence electrons. The first kappa shape index (κ1) is 10.6. The molecule has 1 rings (SSSR count). The second kappa shape index (κ2) is 4.13. The lowest BCUT2D eigenvalue weighted by Gasteiger charge is -2.02. The summed E-state index contributed by atoms with van der Waals surface area (Å²) in [6.45, 7) is 5.20. The molecule has 0 aliphatic rings. The summed E-state index contributed by atoms with van der Waals surface area (Å²) in [6, 6.07) is 3.56. The Morgan fingerprint density at radius 2 is 2.07 bits per heavy atom. The first-order valence-corrected chi connectivity index (χ1v) is 4.14. The number of Topliss-reactive ketones (excluding diaryl/α,β-unsaturated/α-hetero) is 1. The van der Waals surface area contributed by atoms with Crippen LogP contribution in [-0.4, -0.2) is 5.78 Å². The van der Waals surface area contributed by atoms with Crippen molar-refractivity contribution in [3.8, 4) is 0 Å². The van der Waals surface area contributed by atoms with Gasteiger partial charge in [-0.3, -0.25) is 4.79 Å². The van der Waals surface area contributed by atoms with E-state index in [9.17, 15) is 13.6 Å². The molecule has 0 unspecified atom stereocenters. The maximum atomic E-state index is 13.1. The van der Waals surface area contributed by atoms with E-state index in [-0.39, 0.29) is 12.0 Å². The second-order valence-electron chi connectivity index (χ2n) is 3.16. The molecule has 0 aromatic heterocycles. The number of allylic oxidation sites excluding steroid dienone is 1. The summed E-state index contributed by atoms with van der Waals surface area (Å²) in [7, 11) is 0. The average Bonchev–Trinajstić information content (AvgIpc) is 2.08. The van der Waals surface area contributed by atoms with Gasteiger partial charge in [-0.2, -0.15) is 0 Å². The van der Waals surface area contributed by atoms with Gasteiger partial charge in [0, 0.05) is 6.42 Å². The zero-order valence-corrected chi connectivity index (χ0v) is 7.81. The van der Waals surface area contributed by atoms with Crippen LogP contribution >= 0.6 is 0 Å². The molecule has 14 heavy (non-hydrogen) atoms. The van der Waals surface area contributed by atoms with E-state index < -0.39 is 17.4 Å². The largest absolute Gasteiger partial charge is 0.294 e. The molecule has 0 saturated heterocycles. The molecule has 1 aromatic rings. The van der Waals surface area contributed by atoms with Crippen molar-refractivity contribution in [2.75, 3.05) is 0 Å². The highest BCUT2D eigenvalue weighted by atomic mass is 19.2. The van der Waals surface area contributed by atoms with Gasteiger partial charge in [-0.25, -0.2) is 8.78 Å².